The van der Waals surface area contributed by atoms with Crippen LogP contribution in [0, 0.1) is 5.92 Å². The van der Waals surface area contributed by atoms with Gasteiger partial charge in [0.05, 0.1) is 24.3 Å². The van der Waals surface area contributed by atoms with Crippen LogP contribution in [0.4, 0.5) is 17.1 Å². The molecule has 0 saturated carbocycles. The van der Waals surface area contributed by atoms with Crippen molar-refractivity contribution in [1.82, 2.24) is 0 Å². The molecule has 3 aromatic carbocycles. The number of hydrogen-bond donors (Lipinski definition) is 1. The summed E-state index contributed by atoms with van der Waals surface area (Å²) >= 11 is 0. The third kappa shape index (κ3) is 5.70. The fraction of sp³-hybridized carbons (Fsp3) is 0.258. The van der Waals surface area contributed by atoms with Gasteiger partial charge >= 0.3 is 0 Å². The van der Waals surface area contributed by atoms with Crippen molar-refractivity contribution in [2.75, 3.05) is 36.5 Å². The van der Waals surface area contributed by atoms with Crippen LogP contribution in [0.2, 0.25) is 0 Å². The molecule has 0 spiro atoms. The smallest absolute Gasteiger partial charge is 0.247 e. The predicted octanol–water partition coefficient (Wildman–Crippen LogP) is 4.87. The number of morpholine rings is 1. The molecule has 0 bridgehead atoms. The number of para-hydroxylation sites is 1. The Labute approximate surface area is 217 Å². The van der Waals surface area contributed by atoms with Crippen LogP contribution in [0.1, 0.15) is 19.8 Å². The highest BCUT2D eigenvalue weighted by Gasteiger charge is 2.17. The Morgan fingerprint density at radius 1 is 1.14 bits per heavy atom. The van der Waals surface area contributed by atoms with Crippen molar-refractivity contribution in [3.05, 3.63) is 90.0 Å². The number of ether oxygens (including phenoxy) is 1. The lowest BCUT2D eigenvalue weighted by molar-refractivity contribution is -0.111. The van der Waals surface area contributed by atoms with Gasteiger partial charge in [0.25, 0.3) is 0 Å². The number of aliphatic imine (C=N–C) groups is 1. The molecule has 5 rings (SSSR count). The van der Waals surface area contributed by atoms with E-state index in [4.69, 9.17) is 14.7 Å². The molecule has 6 nitrogen and oxygen atoms in total. The Balaban J connectivity index is 1.54. The van der Waals surface area contributed by atoms with Gasteiger partial charge in [-0.2, -0.15) is 0 Å². The van der Waals surface area contributed by atoms with E-state index in [1.807, 2.05) is 24.3 Å². The molecule has 0 aliphatic carbocycles. The maximum Gasteiger partial charge on any atom is 0.247 e. The van der Waals surface area contributed by atoms with E-state index in [0.29, 0.717) is 0 Å². The van der Waals surface area contributed by atoms with Crippen LogP contribution in [0.15, 0.2) is 89.4 Å². The Morgan fingerprint density at radius 3 is 2.68 bits per heavy atom. The number of rotatable bonds is 6. The molecule has 1 unspecified atom stereocenters. The van der Waals surface area contributed by atoms with Crippen molar-refractivity contribution in [1.29, 1.82) is 0 Å². The van der Waals surface area contributed by atoms with Crippen molar-refractivity contribution in [2.45, 2.75) is 19.8 Å². The standard InChI is InChI=1S/C31H32N4O2/c1-3-22-11-12-23-7-6-10-28(24-8-5-9-26(21-24)32-29(36)4-2)30(23)34-31(22)33-25-13-15-27(16-14-25)35-17-19-37-20-18-35/h4-10,12-16,21-22H,2-3,11,17-20H2,1H3,(H,32,36). The first-order chi connectivity index (χ1) is 18.1. The van der Waals surface area contributed by atoms with Gasteiger partial charge in [-0.05, 0) is 66.1 Å². The molecule has 6 heteroatoms. The zero-order valence-electron chi connectivity index (χ0n) is 21.2. The van der Waals surface area contributed by atoms with Crippen LogP contribution < -0.4 is 20.8 Å². The minimum atomic E-state index is -0.234. The average molecular weight is 493 g/mol. The first-order valence-electron chi connectivity index (χ1n) is 12.9. The predicted molar refractivity (Wildman–Crippen MR) is 151 cm³/mol. The highest BCUT2D eigenvalue weighted by atomic mass is 16.5. The summed E-state index contributed by atoms with van der Waals surface area (Å²) in [4.78, 5) is 24.4. The fourth-order valence-electron chi connectivity index (χ4n) is 4.78. The Kier molecular flexibility index (Phi) is 7.57. The normalized spacial score (nSPS) is 18.2. The van der Waals surface area contributed by atoms with Gasteiger partial charge in [-0.15, -0.1) is 0 Å². The molecule has 2 aliphatic rings. The largest absolute Gasteiger partial charge is 0.378 e. The van der Waals surface area contributed by atoms with Crippen LogP contribution >= 0.6 is 0 Å². The lowest BCUT2D eigenvalue weighted by Gasteiger charge is -2.28. The molecule has 1 N–H and O–H groups in total. The van der Waals surface area contributed by atoms with E-state index >= 15 is 0 Å². The second-order valence-corrected chi connectivity index (χ2v) is 9.26. The summed E-state index contributed by atoms with van der Waals surface area (Å²) in [7, 11) is 0. The summed E-state index contributed by atoms with van der Waals surface area (Å²) in [5, 5.41) is 4.86. The number of amidine groups is 1. The van der Waals surface area contributed by atoms with Gasteiger partial charge in [-0.1, -0.05) is 49.9 Å². The lowest BCUT2D eigenvalue weighted by atomic mass is 10.0. The van der Waals surface area contributed by atoms with Crippen LogP contribution in [0.25, 0.3) is 17.2 Å². The van der Waals surface area contributed by atoms with Gasteiger partial charge in [-0.3, -0.25) is 4.79 Å². The first kappa shape index (κ1) is 24.7. The van der Waals surface area contributed by atoms with Crippen LogP contribution in [-0.2, 0) is 9.53 Å². The second kappa shape index (κ2) is 11.4. The van der Waals surface area contributed by atoms with Crippen LogP contribution in [0.3, 0.4) is 0 Å². The maximum atomic E-state index is 11.8. The molecule has 1 atom stereocenters. The van der Waals surface area contributed by atoms with Gasteiger partial charge in [0.15, 0.2) is 0 Å². The van der Waals surface area contributed by atoms with Gasteiger partial charge < -0.3 is 15.0 Å². The zero-order valence-corrected chi connectivity index (χ0v) is 21.2. The summed E-state index contributed by atoms with van der Waals surface area (Å²) in [6.45, 7) is 9.09. The number of fused-ring (bicyclic) bond motifs is 1. The van der Waals surface area contributed by atoms with Crippen LogP contribution in [-0.4, -0.2) is 38.0 Å². The van der Waals surface area contributed by atoms with Crippen molar-refractivity contribution in [3.8, 4) is 11.1 Å². The highest BCUT2D eigenvalue weighted by molar-refractivity contribution is 5.99. The summed E-state index contributed by atoms with van der Waals surface area (Å²) in [5.74, 6) is 0.847. The molecule has 2 aliphatic heterocycles. The molecule has 1 saturated heterocycles. The molecule has 0 radical (unpaired) electrons. The SMILES string of the molecule is C=CC(=O)Nc1cccc(-c2cccc3c2=NC(=Nc2ccc(N4CCOCC4)cc2)C(CC)CC=3)c1. The highest BCUT2D eigenvalue weighted by Crippen LogP contribution is 2.25. The van der Waals surface area contributed by atoms with Gasteiger partial charge in [0, 0.05) is 35.9 Å². The molecule has 1 amide bonds. The number of hydrogen-bond acceptors (Lipinski definition) is 4. The number of benzene rings is 3. The minimum absolute atomic E-state index is 0.234. The number of anilines is 2. The number of nitrogens with zero attached hydrogens (tertiary/aromatic N) is 3. The van der Waals surface area contributed by atoms with Crippen molar-refractivity contribution < 1.29 is 9.53 Å². The van der Waals surface area contributed by atoms with E-state index in [0.717, 1.165) is 78.1 Å². The Hall–Kier alpha value is -4.03. The Morgan fingerprint density at radius 2 is 1.92 bits per heavy atom. The van der Waals surface area contributed by atoms with E-state index in [1.54, 1.807) is 0 Å². The third-order valence-corrected chi connectivity index (χ3v) is 6.87. The summed E-state index contributed by atoms with van der Waals surface area (Å²) in [5.41, 5.74) is 4.82. The number of nitrogens with one attached hydrogen (secondary N) is 1. The summed E-state index contributed by atoms with van der Waals surface area (Å²) < 4.78 is 5.48. The van der Waals surface area contributed by atoms with E-state index in [2.05, 4.69) is 72.3 Å². The molecule has 3 aromatic rings. The Bertz CT molecular complexity index is 1440. The maximum absolute atomic E-state index is 11.8. The number of carbonyl (C=O) groups excluding carboxylic acids is 1. The van der Waals surface area contributed by atoms with Crippen LogP contribution in [0.5, 0.6) is 0 Å². The number of amides is 1. The zero-order chi connectivity index (χ0) is 25.6. The average Bonchev–Trinajstić information content (AvgIpc) is 3.12. The minimum Gasteiger partial charge on any atom is -0.378 e. The molecule has 0 aromatic heterocycles. The second-order valence-electron chi connectivity index (χ2n) is 9.26. The monoisotopic (exact) mass is 492 g/mol. The van der Waals surface area contributed by atoms with E-state index in [-0.39, 0.29) is 11.8 Å². The van der Waals surface area contributed by atoms with Crippen molar-refractivity contribution >= 4 is 34.9 Å². The lowest BCUT2D eigenvalue weighted by Crippen LogP contribution is -2.36. The van der Waals surface area contributed by atoms with Gasteiger partial charge in [0.1, 0.15) is 5.84 Å². The topological polar surface area (TPSA) is 66.3 Å². The van der Waals surface area contributed by atoms with E-state index in [9.17, 15) is 4.79 Å². The van der Waals surface area contributed by atoms with Crippen molar-refractivity contribution in [2.24, 2.45) is 15.9 Å². The first-order valence-corrected chi connectivity index (χ1v) is 12.9. The van der Waals surface area contributed by atoms with E-state index in [1.165, 1.54) is 11.8 Å². The quantitative estimate of drug-likeness (QED) is 0.499. The molecule has 1 fully saturated rings. The number of carbonyl (C=O) groups is 1. The van der Waals surface area contributed by atoms with E-state index < -0.39 is 0 Å². The third-order valence-electron chi connectivity index (χ3n) is 6.87. The fourth-order valence-corrected chi connectivity index (χ4v) is 4.78. The van der Waals surface area contributed by atoms with Gasteiger partial charge in [0.2, 0.25) is 5.91 Å². The molecular formula is C31H32N4O2. The molecule has 188 valence electrons. The molecular weight excluding hydrogens is 460 g/mol. The molecule has 37 heavy (non-hydrogen) atoms. The summed E-state index contributed by atoms with van der Waals surface area (Å²) in [6.07, 6.45) is 5.38. The van der Waals surface area contributed by atoms with Crippen molar-refractivity contribution in [3.63, 3.8) is 0 Å². The van der Waals surface area contributed by atoms with Gasteiger partial charge in [-0.25, -0.2) is 9.98 Å². The molecule has 2 heterocycles. The summed E-state index contributed by atoms with van der Waals surface area (Å²) in [6, 6.07) is 22.5.